The van der Waals surface area contributed by atoms with Crippen molar-refractivity contribution in [1.82, 2.24) is 9.88 Å². The number of hydrogen-bond donors (Lipinski definition) is 0. The van der Waals surface area contributed by atoms with E-state index in [2.05, 4.69) is 4.98 Å². The minimum atomic E-state index is -0.351. The molecule has 0 aliphatic heterocycles. The first-order valence-corrected chi connectivity index (χ1v) is 7.66. The maximum Gasteiger partial charge on any atom is 0.226 e. The van der Waals surface area contributed by atoms with Crippen LogP contribution in [0.1, 0.15) is 11.3 Å². The zero-order valence-electron chi connectivity index (χ0n) is 13.7. The van der Waals surface area contributed by atoms with Gasteiger partial charge in [0.05, 0.1) is 12.8 Å². The Morgan fingerprint density at radius 2 is 1.92 bits per heavy atom. The van der Waals surface area contributed by atoms with Crippen molar-refractivity contribution >= 4 is 0 Å². The maximum absolute atomic E-state index is 13.7. The number of ether oxygens (including phenoxy) is 1. The molecule has 0 fully saturated rings. The molecule has 5 heteroatoms. The number of rotatable bonds is 6. The lowest BCUT2D eigenvalue weighted by Gasteiger charge is -2.15. The van der Waals surface area contributed by atoms with Crippen LogP contribution in [-0.4, -0.2) is 24.0 Å². The molecular weight excluding hydrogens is 307 g/mol. The Balaban J connectivity index is 1.64. The number of oxazole rings is 1. The van der Waals surface area contributed by atoms with Gasteiger partial charge in [-0.15, -0.1) is 0 Å². The molecule has 0 aliphatic carbocycles. The number of hydrogen-bond acceptors (Lipinski definition) is 4. The van der Waals surface area contributed by atoms with Crippen molar-refractivity contribution in [3.63, 3.8) is 0 Å². The highest BCUT2D eigenvalue weighted by Crippen LogP contribution is 2.20. The van der Waals surface area contributed by atoms with E-state index < -0.39 is 0 Å². The smallest absolute Gasteiger partial charge is 0.226 e. The van der Waals surface area contributed by atoms with Gasteiger partial charge < -0.3 is 9.15 Å². The molecule has 1 heterocycles. The minimum Gasteiger partial charge on any atom is -0.494 e. The molecule has 0 atom stereocenters. The third-order valence-corrected chi connectivity index (χ3v) is 3.67. The second-order valence-corrected chi connectivity index (χ2v) is 5.65. The standard InChI is InChI=1S/C19H19FN2O2/c1-22(11-14-8-9-18(23-2)17(20)10-14)12-16-13-24-19(21-16)15-6-4-3-5-7-15/h3-10,13H,11-12H2,1-2H3. The first-order chi connectivity index (χ1) is 11.7. The zero-order chi connectivity index (χ0) is 16.9. The summed E-state index contributed by atoms with van der Waals surface area (Å²) in [5.41, 5.74) is 2.66. The van der Waals surface area contributed by atoms with Crippen LogP contribution in [0.5, 0.6) is 5.75 Å². The highest BCUT2D eigenvalue weighted by atomic mass is 19.1. The monoisotopic (exact) mass is 326 g/mol. The van der Waals surface area contributed by atoms with Gasteiger partial charge in [-0.25, -0.2) is 9.37 Å². The van der Waals surface area contributed by atoms with Crippen molar-refractivity contribution in [3.8, 4) is 17.2 Å². The lowest BCUT2D eigenvalue weighted by atomic mass is 10.2. The molecule has 0 aliphatic rings. The van der Waals surface area contributed by atoms with Gasteiger partial charge in [0, 0.05) is 18.7 Å². The minimum absolute atomic E-state index is 0.255. The van der Waals surface area contributed by atoms with Crippen molar-refractivity contribution in [3.05, 3.63) is 71.9 Å². The average Bonchev–Trinajstić information content (AvgIpc) is 3.04. The summed E-state index contributed by atoms with van der Waals surface area (Å²) < 4.78 is 24.2. The molecule has 0 radical (unpaired) electrons. The molecule has 24 heavy (non-hydrogen) atoms. The molecule has 0 saturated heterocycles. The van der Waals surface area contributed by atoms with Gasteiger partial charge in [0.25, 0.3) is 0 Å². The van der Waals surface area contributed by atoms with Crippen LogP contribution in [0.3, 0.4) is 0 Å². The Morgan fingerprint density at radius 1 is 1.12 bits per heavy atom. The first-order valence-electron chi connectivity index (χ1n) is 7.66. The summed E-state index contributed by atoms with van der Waals surface area (Å²) >= 11 is 0. The van der Waals surface area contributed by atoms with Crippen LogP contribution in [-0.2, 0) is 13.1 Å². The third kappa shape index (κ3) is 3.81. The highest BCUT2D eigenvalue weighted by molar-refractivity contribution is 5.52. The third-order valence-electron chi connectivity index (χ3n) is 3.67. The van der Waals surface area contributed by atoms with E-state index in [1.807, 2.05) is 48.3 Å². The summed E-state index contributed by atoms with van der Waals surface area (Å²) in [6.07, 6.45) is 1.66. The van der Waals surface area contributed by atoms with Gasteiger partial charge in [-0.1, -0.05) is 24.3 Å². The van der Waals surface area contributed by atoms with Gasteiger partial charge in [-0.2, -0.15) is 0 Å². The topological polar surface area (TPSA) is 38.5 Å². The fraction of sp³-hybridized carbons (Fsp3) is 0.211. The molecule has 124 valence electrons. The van der Waals surface area contributed by atoms with Crippen LogP contribution in [0, 0.1) is 5.82 Å². The molecule has 0 unspecified atom stereocenters. The van der Waals surface area contributed by atoms with E-state index >= 15 is 0 Å². The van der Waals surface area contributed by atoms with E-state index in [0.29, 0.717) is 19.0 Å². The summed E-state index contributed by atoms with van der Waals surface area (Å²) in [6, 6.07) is 14.8. The summed E-state index contributed by atoms with van der Waals surface area (Å²) in [4.78, 5) is 6.55. The van der Waals surface area contributed by atoms with E-state index in [1.165, 1.54) is 13.2 Å². The van der Waals surface area contributed by atoms with Crippen molar-refractivity contribution < 1.29 is 13.5 Å². The van der Waals surface area contributed by atoms with Gasteiger partial charge >= 0.3 is 0 Å². The average molecular weight is 326 g/mol. The van der Waals surface area contributed by atoms with Gasteiger partial charge in [-0.3, -0.25) is 4.90 Å². The Bertz CT molecular complexity index is 802. The molecule has 0 spiro atoms. The maximum atomic E-state index is 13.7. The molecule has 0 bridgehead atoms. The predicted octanol–water partition coefficient (Wildman–Crippen LogP) is 4.12. The van der Waals surface area contributed by atoms with Crippen molar-refractivity contribution in [2.24, 2.45) is 0 Å². The first kappa shape index (κ1) is 16.2. The molecule has 3 aromatic rings. The summed E-state index contributed by atoms with van der Waals surface area (Å²) in [6.45, 7) is 1.22. The van der Waals surface area contributed by atoms with E-state index in [0.717, 1.165) is 16.8 Å². The van der Waals surface area contributed by atoms with Crippen LogP contribution < -0.4 is 4.74 Å². The van der Waals surface area contributed by atoms with Gasteiger partial charge in [-0.05, 0) is 36.9 Å². The van der Waals surface area contributed by atoms with E-state index in [4.69, 9.17) is 9.15 Å². The SMILES string of the molecule is COc1ccc(CN(C)Cc2coc(-c3ccccc3)n2)cc1F. The molecule has 0 saturated carbocycles. The second kappa shape index (κ2) is 7.27. The predicted molar refractivity (Wildman–Crippen MR) is 90.1 cm³/mol. The Morgan fingerprint density at radius 3 is 2.62 bits per heavy atom. The zero-order valence-corrected chi connectivity index (χ0v) is 13.7. The number of aromatic nitrogens is 1. The Labute approximate surface area is 140 Å². The van der Waals surface area contributed by atoms with Crippen LogP contribution in [0.15, 0.2) is 59.2 Å². The summed E-state index contributed by atoms with van der Waals surface area (Å²) in [7, 11) is 3.41. The molecule has 1 aromatic heterocycles. The molecule has 0 amide bonds. The number of benzene rings is 2. The lowest BCUT2D eigenvalue weighted by molar-refractivity contribution is 0.313. The molecule has 2 aromatic carbocycles. The van der Waals surface area contributed by atoms with Crippen LogP contribution in [0.4, 0.5) is 4.39 Å². The number of methoxy groups -OCH3 is 1. The fourth-order valence-corrected chi connectivity index (χ4v) is 2.55. The number of nitrogens with zero attached hydrogens (tertiary/aromatic N) is 2. The Hall–Kier alpha value is -2.66. The Kier molecular flexibility index (Phi) is 4.91. The lowest BCUT2D eigenvalue weighted by Crippen LogP contribution is -2.17. The summed E-state index contributed by atoms with van der Waals surface area (Å²) in [5, 5.41) is 0. The second-order valence-electron chi connectivity index (χ2n) is 5.65. The quantitative estimate of drug-likeness (QED) is 0.683. The van der Waals surface area contributed by atoms with E-state index in [9.17, 15) is 4.39 Å². The van der Waals surface area contributed by atoms with Gasteiger partial charge in [0.15, 0.2) is 11.6 Å². The van der Waals surface area contributed by atoms with Crippen molar-refractivity contribution in [1.29, 1.82) is 0 Å². The van der Waals surface area contributed by atoms with Gasteiger partial charge in [0.1, 0.15) is 6.26 Å². The van der Waals surface area contributed by atoms with Crippen molar-refractivity contribution in [2.75, 3.05) is 14.2 Å². The fourth-order valence-electron chi connectivity index (χ4n) is 2.55. The number of halogens is 1. The van der Waals surface area contributed by atoms with E-state index in [-0.39, 0.29) is 11.6 Å². The van der Waals surface area contributed by atoms with Gasteiger partial charge in [0.2, 0.25) is 5.89 Å². The molecule has 4 nitrogen and oxygen atoms in total. The molecule has 0 N–H and O–H groups in total. The van der Waals surface area contributed by atoms with Crippen LogP contribution in [0.2, 0.25) is 0 Å². The van der Waals surface area contributed by atoms with Crippen LogP contribution >= 0.6 is 0 Å². The van der Waals surface area contributed by atoms with Crippen molar-refractivity contribution in [2.45, 2.75) is 13.1 Å². The van der Waals surface area contributed by atoms with E-state index in [1.54, 1.807) is 12.3 Å². The normalized spacial score (nSPS) is 11.0. The molecule has 3 rings (SSSR count). The van der Waals surface area contributed by atoms with Crippen LogP contribution in [0.25, 0.3) is 11.5 Å². The highest BCUT2D eigenvalue weighted by Gasteiger charge is 2.10. The molecular formula is C19H19FN2O2. The summed E-state index contributed by atoms with van der Waals surface area (Å²) in [5.74, 6) is 0.510. The largest absolute Gasteiger partial charge is 0.494 e.